The van der Waals surface area contributed by atoms with Crippen LogP contribution in [0, 0.1) is 13.8 Å². The van der Waals surface area contributed by atoms with Crippen LogP contribution in [0.3, 0.4) is 0 Å². The molecule has 1 N–H and O–H groups in total. The molecule has 0 radical (unpaired) electrons. The van der Waals surface area contributed by atoms with Gasteiger partial charge in [0.25, 0.3) is 0 Å². The van der Waals surface area contributed by atoms with E-state index >= 15 is 0 Å². The molecule has 7 heteroatoms. The number of hydrogen-bond acceptors (Lipinski definition) is 5. The molecule has 0 atom stereocenters. The van der Waals surface area contributed by atoms with Crippen LogP contribution in [0.25, 0.3) is 0 Å². The van der Waals surface area contributed by atoms with Gasteiger partial charge < -0.3 is 10.1 Å². The Bertz CT molecular complexity index is 828. The number of rotatable bonds is 9. The molecule has 0 spiro atoms. The molecule has 1 fully saturated rings. The molecule has 0 saturated heterocycles. The first-order valence-electron chi connectivity index (χ1n) is 9.72. The molecule has 0 aliphatic heterocycles. The number of thioether (sulfide) groups is 1. The van der Waals surface area contributed by atoms with E-state index in [1.165, 1.54) is 30.2 Å². The highest BCUT2D eigenvalue weighted by atomic mass is 32.2. The Kier molecular flexibility index (Phi) is 7.14. The molecule has 2 aromatic rings. The molecule has 1 aromatic carbocycles. The lowest BCUT2D eigenvalue weighted by molar-refractivity contribution is -0.119. The molecule has 0 unspecified atom stereocenters. The number of allylic oxidation sites excluding steroid dienone is 1. The van der Waals surface area contributed by atoms with E-state index in [4.69, 9.17) is 4.74 Å². The summed E-state index contributed by atoms with van der Waals surface area (Å²) in [5, 5.41) is 12.3. The number of amides is 1. The van der Waals surface area contributed by atoms with Crippen LogP contribution in [0.15, 0.2) is 36.0 Å². The van der Waals surface area contributed by atoms with Gasteiger partial charge in [-0.15, -0.1) is 16.8 Å². The van der Waals surface area contributed by atoms with Crippen molar-refractivity contribution in [3.8, 4) is 5.75 Å². The van der Waals surface area contributed by atoms with E-state index in [0.29, 0.717) is 30.1 Å². The van der Waals surface area contributed by atoms with Crippen molar-refractivity contribution in [1.29, 1.82) is 0 Å². The minimum absolute atomic E-state index is 0.0539. The monoisotopic (exact) mass is 400 g/mol. The van der Waals surface area contributed by atoms with Crippen LogP contribution >= 0.6 is 11.8 Å². The van der Waals surface area contributed by atoms with E-state index in [-0.39, 0.29) is 5.91 Å². The predicted molar refractivity (Wildman–Crippen MR) is 112 cm³/mol. The van der Waals surface area contributed by atoms with E-state index in [9.17, 15) is 4.79 Å². The van der Waals surface area contributed by atoms with E-state index in [1.807, 2.05) is 23.6 Å². The fraction of sp³-hybridized carbons (Fsp3) is 0.476. The van der Waals surface area contributed by atoms with Gasteiger partial charge in [0, 0.05) is 12.6 Å². The second-order valence-electron chi connectivity index (χ2n) is 7.12. The van der Waals surface area contributed by atoms with Gasteiger partial charge in [-0.2, -0.15) is 0 Å². The highest BCUT2D eigenvalue weighted by Crippen LogP contribution is 2.23. The van der Waals surface area contributed by atoms with Crippen LogP contribution in [0.4, 0.5) is 0 Å². The van der Waals surface area contributed by atoms with Crippen LogP contribution in [-0.2, 0) is 17.9 Å². The van der Waals surface area contributed by atoms with Gasteiger partial charge in [0.05, 0.1) is 5.75 Å². The van der Waals surface area contributed by atoms with Crippen LogP contribution in [0.5, 0.6) is 5.75 Å². The molecule has 1 aliphatic carbocycles. The number of nitrogens with one attached hydrogen (secondary N) is 1. The summed E-state index contributed by atoms with van der Waals surface area (Å²) in [6.45, 7) is 8.82. The van der Waals surface area contributed by atoms with Crippen molar-refractivity contribution in [3.05, 3.63) is 47.8 Å². The Hall–Kier alpha value is -2.28. The zero-order valence-electron chi connectivity index (χ0n) is 16.6. The van der Waals surface area contributed by atoms with Gasteiger partial charge >= 0.3 is 0 Å². The van der Waals surface area contributed by atoms with Crippen LogP contribution in [0.2, 0.25) is 0 Å². The van der Waals surface area contributed by atoms with Crippen LogP contribution < -0.4 is 10.1 Å². The second kappa shape index (κ2) is 9.78. The average molecular weight is 401 g/mol. The zero-order chi connectivity index (χ0) is 19.9. The topological polar surface area (TPSA) is 69.0 Å². The maximum atomic E-state index is 12.2. The summed E-state index contributed by atoms with van der Waals surface area (Å²) in [4.78, 5) is 12.2. The summed E-state index contributed by atoms with van der Waals surface area (Å²) in [7, 11) is 0. The molecular weight excluding hydrogens is 372 g/mol. The van der Waals surface area contributed by atoms with Gasteiger partial charge in [-0.25, -0.2) is 0 Å². The lowest BCUT2D eigenvalue weighted by Crippen LogP contribution is -2.33. The predicted octanol–water partition coefficient (Wildman–Crippen LogP) is 3.81. The first-order valence-corrected chi connectivity index (χ1v) is 10.7. The summed E-state index contributed by atoms with van der Waals surface area (Å²) in [6, 6.07) is 6.34. The molecule has 6 nitrogen and oxygen atoms in total. The average Bonchev–Trinajstić information content (AvgIpc) is 3.32. The second-order valence-corrected chi connectivity index (χ2v) is 8.06. The van der Waals surface area contributed by atoms with Crippen molar-refractivity contribution in [3.63, 3.8) is 0 Å². The summed E-state index contributed by atoms with van der Waals surface area (Å²) in [5.41, 5.74) is 2.31. The van der Waals surface area contributed by atoms with Gasteiger partial charge in [0.15, 0.2) is 11.0 Å². The Labute approximate surface area is 170 Å². The number of nitrogens with zero attached hydrogens (tertiary/aromatic N) is 3. The van der Waals surface area contributed by atoms with E-state index in [0.717, 1.165) is 30.0 Å². The summed E-state index contributed by atoms with van der Waals surface area (Å²) in [6.07, 6.45) is 6.38. The fourth-order valence-electron chi connectivity index (χ4n) is 3.34. The third-order valence-corrected chi connectivity index (χ3v) is 6.04. The summed E-state index contributed by atoms with van der Waals surface area (Å²) < 4.78 is 7.92. The largest absolute Gasteiger partial charge is 0.485 e. The van der Waals surface area contributed by atoms with Gasteiger partial charge in [-0.3, -0.25) is 9.36 Å². The smallest absolute Gasteiger partial charge is 0.230 e. The number of carbonyl (C=O) groups is 1. The highest BCUT2D eigenvalue weighted by molar-refractivity contribution is 7.99. The van der Waals surface area contributed by atoms with Crippen LogP contribution in [0.1, 0.15) is 42.6 Å². The van der Waals surface area contributed by atoms with Crippen molar-refractivity contribution in [1.82, 2.24) is 20.1 Å². The van der Waals surface area contributed by atoms with Gasteiger partial charge in [-0.1, -0.05) is 42.8 Å². The molecule has 28 heavy (non-hydrogen) atoms. The lowest BCUT2D eigenvalue weighted by Gasteiger charge is -2.13. The number of benzene rings is 1. The quantitative estimate of drug-likeness (QED) is 0.512. The van der Waals surface area contributed by atoms with Crippen molar-refractivity contribution in [2.45, 2.75) is 63.9 Å². The summed E-state index contributed by atoms with van der Waals surface area (Å²) in [5.74, 6) is 1.96. The van der Waals surface area contributed by atoms with Crippen LogP contribution in [-0.4, -0.2) is 32.5 Å². The maximum absolute atomic E-state index is 12.2. The number of aryl methyl sites for hydroxylation is 1. The first kappa shape index (κ1) is 20.5. The van der Waals surface area contributed by atoms with E-state index < -0.39 is 0 Å². The normalized spacial score (nSPS) is 14.2. The molecule has 1 aliphatic rings. The number of ether oxygens (including phenoxy) is 1. The maximum Gasteiger partial charge on any atom is 0.230 e. The standard InChI is InChI=1S/C21H28N4O2S/c1-4-12-25-19(13-27-18-11-7-8-15(2)16(18)3)23-24-21(25)28-14-20(26)22-17-9-5-6-10-17/h4,7-8,11,17H,1,5-6,9-10,12-14H2,2-3H3,(H,22,26). The molecule has 0 bridgehead atoms. The molecule has 1 amide bonds. The molecule has 1 aromatic heterocycles. The van der Waals surface area contributed by atoms with Gasteiger partial charge in [-0.05, 0) is 43.9 Å². The lowest BCUT2D eigenvalue weighted by atomic mass is 10.1. The van der Waals surface area contributed by atoms with E-state index in [1.54, 1.807) is 6.08 Å². The van der Waals surface area contributed by atoms with Crippen molar-refractivity contribution < 1.29 is 9.53 Å². The highest BCUT2D eigenvalue weighted by Gasteiger charge is 2.19. The van der Waals surface area contributed by atoms with E-state index in [2.05, 4.69) is 35.1 Å². The number of aromatic nitrogens is 3. The van der Waals surface area contributed by atoms with Crippen molar-refractivity contribution >= 4 is 17.7 Å². The van der Waals surface area contributed by atoms with Crippen molar-refractivity contribution in [2.75, 3.05) is 5.75 Å². The third-order valence-electron chi connectivity index (χ3n) is 5.07. The zero-order valence-corrected chi connectivity index (χ0v) is 17.4. The molecule has 3 rings (SSSR count). The Morgan fingerprint density at radius 1 is 1.36 bits per heavy atom. The summed E-state index contributed by atoms with van der Waals surface area (Å²) >= 11 is 1.40. The Morgan fingerprint density at radius 2 is 2.14 bits per heavy atom. The minimum Gasteiger partial charge on any atom is -0.485 e. The molecule has 150 valence electrons. The number of hydrogen-bond donors (Lipinski definition) is 1. The molecule has 1 saturated carbocycles. The van der Waals surface area contributed by atoms with Gasteiger partial charge in [0.1, 0.15) is 12.4 Å². The third kappa shape index (κ3) is 5.16. The fourth-order valence-corrected chi connectivity index (χ4v) is 4.12. The number of carbonyl (C=O) groups excluding carboxylic acids is 1. The SMILES string of the molecule is C=CCn1c(COc2cccc(C)c2C)nnc1SCC(=O)NC1CCCC1. The Morgan fingerprint density at radius 3 is 2.89 bits per heavy atom. The van der Waals surface area contributed by atoms with Crippen molar-refractivity contribution in [2.24, 2.45) is 0 Å². The van der Waals surface area contributed by atoms with Gasteiger partial charge in [0.2, 0.25) is 5.91 Å². The molecule has 1 heterocycles. The molecular formula is C21H28N4O2S. The first-order chi connectivity index (χ1) is 13.6. The minimum atomic E-state index is 0.0539. The Balaban J connectivity index is 1.61.